The Morgan fingerprint density at radius 2 is 0.475 bits per heavy atom. The lowest BCUT2D eigenvalue weighted by atomic mass is 9.93. The molecular weight excluding hydrogens is 1340 g/mol. The summed E-state index contributed by atoms with van der Waals surface area (Å²) in [6.45, 7) is 13.5. The van der Waals surface area contributed by atoms with Gasteiger partial charge in [0, 0.05) is 13.0 Å². The van der Waals surface area contributed by atoms with Gasteiger partial charge in [-0.2, -0.15) is 11.8 Å². The first kappa shape index (κ1) is 81.8. The Kier molecular flexibility index (Phi) is 31.0. The number of aliphatic hydroxyl groups is 15. The van der Waals surface area contributed by atoms with Gasteiger partial charge in [-0.25, -0.2) is 0 Å². The van der Waals surface area contributed by atoms with E-state index >= 15 is 0 Å². The second kappa shape index (κ2) is 37.5. The van der Waals surface area contributed by atoms with Gasteiger partial charge in [-0.1, -0.05) is 61.8 Å². The zero-order chi connectivity index (χ0) is 71.8. The van der Waals surface area contributed by atoms with E-state index in [0.29, 0.717) is 18.6 Å². The Labute approximate surface area is 580 Å². The Balaban J connectivity index is 0.987. The summed E-state index contributed by atoms with van der Waals surface area (Å²) >= 11 is 1.68. The highest BCUT2D eigenvalue weighted by molar-refractivity contribution is 7.99. The van der Waals surface area contributed by atoms with Crippen molar-refractivity contribution >= 4 is 18.0 Å². The van der Waals surface area contributed by atoms with Gasteiger partial charge in [-0.3, -0.25) is 0 Å². The number of hydrogen-bond donors (Lipinski definition) is 15. The van der Waals surface area contributed by atoms with E-state index in [1.165, 1.54) is 0 Å². The molecule has 30 fully saturated rings. The van der Waals surface area contributed by atoms with Crippen LogP contribution in [0.5, 0.6) is 0 Å². The van der Waals surface area contributed by atoms with Crippen LogP contribution in [0.2, 0.25) is 0 Å². The molecule has 0 aromatic carbocycles. The van der Waals surface area contributed by atoms with Gasteiger partial charge in [0.2, 0.25) is 0 Å². The van der Waals surface area contributed by atoms with Crippen LogP contribution in [0.4, 0.5) is 0 Å². The number of aliphatic hydroxyl groups excluding tert-OH is 15. The van der Waals surface area contributed by atoms with Crippen molar-refractivity contribution in [1.82, 2.24) is 0 Å². The summed E-state index contributed by atoms with van der Waals surface area (Å²) in [4.78, 5) is 10.8. The first-order chi connectivity index (χ1) is 47.4. The number of hydrogen-bond acceptors (Lipinski definition) is 34. The van der Waals surface area contributed by atoms with Crippen LogP contribution in [-0.4, -0.2) is 347 Å². The Bertz CT molecular complexity index is 2370. The fourth-order valence-corrected chi connectivity index (χ4v) is 15.5. The van der Waals surface area contributed by atoms with Crippen LogP contribution in [0.25, 0.3) is 0 Å². The lowest BCUT2D eigenvalue weighted by Crippen LogP contribution is -2.68. The normalized spacial score (nSPS) is 50.5. The molecule has 15 N–H and O–H groups in total. The third kappa shape index (κ3) is 18.1. The van der Waals surface area contributed by atoms with Gasteiger partial charge in [0.05, 0.1) is 48.8 Å². The molecule has 30 aliphatic rings. The standard InChI is InChI=1S/C65H112O33S/c1-9-26-49-34(67)41(74)58(83-26)91-50-27(10-2)84-60(42(75)35(50)68)93-52-29(12-4)86-62(44(77)37(52)70)95-54-31(14-6)88-64(46(79)39(54)72)97-56-33(16-8)90-65(57(48(56)81)82-23-21-25-99-24-20-18-17-19-22-66)98-55-32(15-7)89-63(47(80)40(55)73)96-53-30(13-5)87-61(45(78)38(53)71)94-51-28(11-3)85-59(92-49)43(76)36(51)69/h22,26-65,67-81H,9-21,23-25H2,1-8H3. The monoisotopic (exact) mass is 1450 g/mol. The molecule has 0 aromatic rings. The minimum absolute atomic E-state index is 0.0523. The Morgan fingerprint density at radius 3 is 0.707 bits per heavy atom. The number of unbranched alkanes of at least 4 members (excludes halogenated alkanes) is 3. The molecule has 40 unspecified atom stereocenters. The molecule has 0 amide bonds. The Hall–Kier alpha value is -1.26. The van der Waals surface area contributed by atoms with Gasteiger partial charge in [0.1, 0.15) is 153 Å². The second-order valence-corrected chi connectivity index (χ2v) is 28.3. The molecule has 576 valence electrons. The highest BCUT2D eigenvalue weighted by atomic mass is 32.2. The quantitative estimate of drug-likeness (QED) is 0.0448. The summed E-state index contributed by atoms with van der Waals surface area (Å²) in [5.41, 5.74) is 0. The molecule has 33 nitrogen and oxygen atoms in total. The van der Waals surface area contributed by atoms with Crippen LogP contribution in [0.1, 0.15) is 139 Å². The van der Waals surface area contributed by atoms with E-state index in [-0.39, 0.29) is 58.0 Å². The zero-order valence-electron chi connectivity index (χ0n) is 57.4. The average Bonchev–Trinajstić information content (AvgIpc) is 0.779. The number of carbonyl (C=O) groups excluding carboxylic acids is 1. The molecule has 0 aliphatic carbocycles. The van der Waals surface area contributed by atoms with Gasteiger partial charge >= 0.3 is 0 Å². The van der Waals surface area contributed by atoms with E-state index in [4.69, 9.17) is 80.5 Å². The largest absolute Gasteiger partial charge is 0.387 e. The van der Waals surface area contributed by atoms with Crippen LogP contribution in [0.3, 0.4) is 0 Å². The van der Waals surface area contributed by atoms with E-state index in [0.717, 1.165) is 31.3 Å². The van der Waals surface area contributed by atoms with Gasteiger partial charge < -0.3 is 162 Å². The molecule has 16 bridgehead atoms. The first-order valence-electron chi connectivity index (χ1n) is 35.8. The molecule has 40 atom stereocenters. The summed E-state index contributed by atoms with van der Waals surface area (Å²) in [5, 5.41) is 178. The number of aldehydes is 1. The number of thioether (sulfide) groups is 1. The molecule has 30 heterocycles. The van der Waals surface area contributed by atoms with Crippen molar-refractivity contribution in [2.24, 2.45) is 0 Å². The van der Waals surface area contributed by atoms with Crippen molar-refractivity contribution < 1.29 is 162 Å². The lowest BCUT2D eigenvalue weighted by molar-refractivity contribution is -0.402. The maximum Gasteiger partial charge on any atom is 0.187 e. The summed E-state index contributed by atoms with van der Waals surface area (Å²) in [6.07, 6.45) is -57.9. The van der Waals surface area contributed by atoms with Gasteiger partial charge in [-0.05, 0) is 82.1 Å². The summed E-state index contributed by atoms with van der Waals surface area (Å²) in [7, 11) is 0. The molecule has 0 radical (unpaired) electrons. The van der Waals surface area contributed by atoms with Crippen molar-refractivity contribution in [1.29, 1.82) is 0 Å². The number of ether oxygens (including phenoxy) is 17. The Morgan fingerprint density at radius 1 is 0.263 bits per heavy atom. The lowest BCUT2D eigenvalue weighted by Gasteiger charge is -2.51. The topological polar surface area (TPSA) is 477 Å². The molecule has 0 saturated carbocycles. The van der Waals surface area contributed by atoms with Crippen molar-refractivity contribution in [2.75, 3.05) is 18.1 Å². The summed E-state index contributed by atoms with van der Waals surface area (Å²) in [5.74, 6) is 1.48. The minimum atomic E-state index is -1.93. The molecule has 30 rings (SSSR count). The SMILES string of the molecule is CCC1OC2OC3C(CC)OC(OC4C(CC)OC(OC5C(CC)OC(OC6C(CC)OC(OC7C(CC)OC(OC8C(CC)OC(OC9C(CC)OC(OC1C(O)C2O)C(O)C9O)C(O)C8O)C(O)C7O)C(OCCCSCCCCCC=O)C6O)C(O)C5O)C(O)C4O)C(O)C3O. The van der Waals surface area contributed by atoms with Crippen LogP contribution in [-0.2, 0) is 85.3 Å². The molecule has 0 aromatic heterocycles. The smallest absolute Gasteiger partial charge is 0.187 e. The maximum atomic E-state index is 12.5. The predicted molar refractivity (Wildman–Crippen MR) is 337 cm³/mol. The van der Waals surface area contributed by atoms with Crippen molar-refractivity contribution in [2.45, 2.75) is 385 Å². The van der Waals surface area contributed by atoms with Crippen LogP contribution in [0.15, 0.2) is 0 Å². The fraction of sp³-hybridized carbons (Fsp3) is 0.985. The number of carbonyl (C=O) groups is 1. The molecule has 30 saturated heterocycles. The van der Waals surface area contributed by atoms with E-state index in [9.17, 15) is 81.4 Å². The molecule has 34 heteroatoms. The third-order valence-electron chi connectivity index (χ3n) is 20.5. The van der Waals surface area contributed by atoms with Crippen LogP contribution >= 0.6 is 11.8 Å². The third-order valence-corrected chi connectivity index (χ3v) is 21.7. The first-order valence-corrected chi connectivity index (χ1v) is 36.9. The van der Waals surface area contributed by atoms with Crippen molar-refractivity contribution in [3.63, 3.8) is 0 Å². The molecular formula is C65H112O33S. The van der Waals surface area contributed by atoms with Crippen molar-refractivity contribution in [3.05, 3.63) is 0 Å². The van der Waals surface area contributed by atoms with Crippen LogP contribution < -0.4 is 0 Å². The maximum absolute atomic E-state index is 12.5. The van der Waals surface area contributed by atoms with E-state index in [2.05, 4.69) is 0 Å². The van der Waals surface area contributed by atoms with Crippen molar-refractivity contribution in [3.8, 4) is 0 Å². The summed E-state index contributed by atoms with van der Waals surface area (Å²) < 4.78 is 107. The second-order valence-electron chi connectivity index (χ2n) is 27.1. The van der Waals surface area contributed by atoms with Gasteiger partial charge in [0.25, 0.3) is 0 Å². The predicted octanol–water partition coefficient (Wildman–Crippen LogP) is -3.16. The summed E-state index contributed by atoms with van der Waals surface area (Å²) in [6, 6.07) is 0. The van der Waals surface area contributed by atoms with E-state index < -0.39 is 246 Å². The molecule has 30 aliphatic heterocycles. The number of rotatable bonds is 19. The molecule has 99 heavy (non-hydrogen) atoms. The van der Waals surface area contributed by atoms with Gasteiger partial charge in [0.15, 0.2) is 50.3 Å². The van der Waals surface area contributed by atoms with E-state index in [1.807, 2.05) is 0 Å². The van der Waals surface area contributed by atoms with Crippen LogP contribution in [0, 0.1) is 0 Å². The average molecular weight is 1450 g/mol. The van der Waals surface area contributed by atoms with E-state index in [1.54, 1.807) is 67.2 Å². The minimum Gasteiger partial charge on any atom is -0.387 e. The molecule has 0 spiro atoms. The highest BCUT2D eigenvalue weighted by Gasteiger charge is 2.60. The fourth-order valence-electron chi connectivity index (χ4n) is 14.6. The van der Waals surface area contributed by atoms with Gasteiger partial charge in [-0.15, -0.1) is 0 Å². The highest BCUT2D eigenvalue weighted by Crippen LogP contribution is 2.42. The zero-order valence-corrected chi connectivity index (χ0v) is 58.3.